The Balaban J connectivity index is 1.47. The first-order valence-electron chi connectivity index (χ1n) is 8.38. The van der Waals surface area contributed by atoms with Gasteiger partial charge in [-0.1, -0.05) is 24.3 Å². The third kappa shape index (κ3) is 4.80. The van der Waals surface area contributed by atoms with Crippen LogP contribution >= 0.6 is 0 Å². The molecule has 2 aromatic heterocycles. The Morgan fingerprint density at radius 1 is 1.04 bits per heavy atom. The lowest BCUT2D eigenvalue weighted by Crippen LogP contribution is -2.41. The highest BCUT2D eigenvalue weighted by Crippen LogP contribution is 2.06. The molecule has 0 aliphatic heterocycles. The zero-order valence-electron chi connectivity index (χ0n) is 14.8. The normalized spacial score (nSPS) is 12.3. The summed E-state index contributed by atoms with van der Waals surface area (Å²) >= 11 is 0. The molecule has 0 atom stereocenters. The smallest absolute Gasteiger partial charge is 0.240 e. The van der Waals surface area contributed by atoms with Crippen LogP contribution in [-0.2, 0) is 16.6 Å². The molecule has 0 spiro atoms. The third-order valence-electron chi connectivity index (χ3n) is 3.78. The van der Waals surface area contributed by atoms with Crippen LogP contribution in [0.5, 0.6) is 0 Å². The summed E-state index contributed by atoms with van der Waals surface area (Å²) in [6.45, 7) is 1.04. The van der Waals surface area contributed by atoms with Crippen LogP contribution in [0.2, 0.25) is 0 Å². The van der Waals surface area contributed by atoms with E-state index >= 15 is 0 Å². The maximum atomic E-state index is 12.1. The molecule has 0 radical (unpaired) electrons. The van der Waals surface area contributed by atoms with Gasteiger partial charge in [-0.15, -0.1) is 10.2 Å². The lowest BCUT2D eigenvalue weighted by atomic mass is 10.4. The molecule has 1 aromatic carbocycles. The Morgan fingerprint density at radius 3 is 2.59 bits per heavy atom. The van der Waals surface area contributed by atoms with Gasteiger partial charge < -0.3 is 10.6 Å². The number of nitrogens with zero attached hydrogens (tertiary/aromatic N) is 4. The molecule has 9 nitrogen and oxygen atoms in total. The summed E-state index contributed by atoms with van der Waals surface area (Å²) in [6, 6.07) is 13.9. The average molecular weight is 387 g/mol. The van der Waals surface area contributed by atoms with Crippen molar-refractivity contribution >= 4 is 21.6 Å². The van der Waals surface area contributed by atoms with E-state index in [9.17, 15) is 8.42 Å². The molecule has 0 aliphatic rings. The van der Waals surface area contributed by atoms with Crippen LogP contribution < -0.4 is 15.4 Å². The molecule has 0 saturated carbocycles. The second kappa shape index (κ2) is 8.60. The van der Waals surface area contributed by atoms with Gasteiger partial charge in [0, 0.05) is 26.3 Å². The summed E-state index contributed by atoms with van der Waals surface area (Å²) in [5.41, 5.74) is 0.771. The molecule has 0 bridgehead atoms. The molecule has 2 heterocycles. The van der Waals surface area contributed by atoms with E-state index in [2.05, 4.69) is 30.5 Å². The van der Waals surface area contributed by atoms with Gasteiger partial charge in [-0.2, -0.15) is 0 Å². The maximum Gasteiger partial charge on any atom is 0.240 e. The predicted molar refractivity (Wildman–Crippen MR) is 103 cm³/mol. The van der Waals surface area contributed by atoms with Crippen molar-refractivity contribution in [3.05, 3.63) is 60.6 Å². The van der Waals surface area contributed by atoms with Gasteiger partial charge in [0.05, 0.1) is 11.4 Å². The van der Waals surface area contributed by atoms with Crippen molar-refractivity contribution in [3.63, 3.8) is 0 Å². The Morgan fingerprint density at radius 2 is 1.81 bits per heavy atom. The lowest BCUT2D eigenvalue weighted by Gasteiger charge is -2.12. The summed E-state index contributed by atoms with van der Waals surface area (Å²) in [4.78, 5) is 4.36. The van der Waals surface area contributed by atoms with Crippen molar-refractivity contribution < 1.29 is 8.42 Å². The molecule has 10 heteroatoms. The summed E-state index contributed by atoms with van der Waals surface area (Å²) < 4.78 is 28.7. The molecule has 0 aliphatic carbocycles. The van der Waals surface area contributed by atoms with Crippen LogP contribution in [0.15, 0.2) is 64.6 Å². The number of hydrogen-bond donors (Lipinski definition) is 3. The third-order valence-corrected chi connectivity index (χ3v) is 5.26. The Hall–Kier alpha value is -2.98. The Labute approximate surface area is 157 Å². The molecular formula is C17H21N7O2S. The van der Waals surface area contributed by atoms with Crippen LogP contribution in [-0.4, -0.2) is 49.1 Å². The fourth-order valence-corrected chi connectivity index (χ4v) is 3.50. The number of pyridine rings is 1. The van der Waals surface area contributed by atoms with Crippen molar-refractivity contribution in [2.75, 3.05) is 20.1 Å². The summed E-state index contributed by atoms with van der Waals surface area (Å²) in [5.74, 6) is 1.29. The van der Waals surface area contributed by atoms with Crippen molar-refractivity contribution in [3.8, 4) is 0 Å². The number of guanidine groups is 1. The quantitative estimate of drug-likeness (QED) is 0.307. The number of fused-ring (bicyclic) bond motifs is 1. The van der Waals surface area contributed by atoms with Gasteiger partial charge in [-0.05, 0) is 24.3 Å². The summed E-state index contributed by atoms with van der Waals surface area (Å²) in [7, 11) is -1.86. The van der Waals surface area contributed by atoms with Crippen molar-refractivity contribution in [2.24, 2.45) is 4.99 Å². The molecule has 27 heavy (non-hydrogen) atoms. The number of nitrogens with one attached hydrogen (secondary N) is 3. The van der Waals surface area contributed by atoms with Crippen LogP contribution in [0.4, 0.5) is 0 Å². The van der Waals surface area contributed by atoms with E-state index in [0.29, 0.717) is 19.0 Å². The van der Waals surface area contributed by atoms with Gasteiger partial charge in [-0.3, -0.25) is 9.39 Å². The van der Waals surface area contributed by atoms with Crippen molar-refractivity contribution in [2.45, 2.75) is 11.4 Å². The second-order valence-electron chi connectivity index (χ2n) is 5.61. The minimum Gasteiger partial charge on any atom is -0.355 e. The van der Waals surface area contributed by atoms with Crippen LogP contribution in [0.3, 0.4) is 0 Å². The number of benzene rings is 1. The van der Waals surface area contributed by atoms with E-state index in [0.717, 1.165) is 11.5 Å². The maximum absolute atomic E-state index is 12.1. The van der Waals surface area contributed by atoms with Gasteiger partial charge in [0.2, 0.25) is 10.0 Å². The van der Waals surface area contributed by atoms with Gasteiger partial charge >= 0.3 is 0 Å². The first kappa shape index (κ1) is 18.8. The Bertz CT molecular complexity index is 1020. The van der Waals surface area contributed by atoms with Gasteiger partial charge in [0.1, 0.15) is 0 Å². The highest BCUT2D eigenvalue weighted by molar-refractivity contribution is 7.89. The Kier molecular flexibility index (Phi) is 5.99. The molecule has 3 N–H and O–H groups in total. The number of sulfonamides is 1. The summed E-state index contributed by atoms with van der Waals surface area (Å²) in [5, 5.41) is 14.4. The zero-order chi connectivity index (χ0) is 19.1. The minimum atomic E-state index is -3.51. The lowest BCUT2D eigenvalue weighted by molar-refractivity contribution is 0.580. The number of aliphatic imine (C=N–C) groups is 1. The van der Waals surface area contributed by atoms with E-state index in [-0.39, 0.29) is 11.4 Å². The average Bonchev–Trinajstić information content (AvgIpc) is 3.11. The molecule has 0 unspecified atom stereocenters. The first-order valence-corrected chi connectivity index (χ1v) is 9.86. The SMILES string of the molecule is CN=C(NCCNS(=O)(=O)c1ccccc1)NCc1nnc2ccccn12. The molecule has 142 valence electrons. The first-order chi connectivity index (χ1) is 13.1. The van der Waals surface area contributed by atoms with Crippen LogP contribution in [0, 0.1) is 0 Å². The van der Waals surface area contributed by atoms with Crippen LogP contribution in [0.25, 0.3) is 5.65 Å². The summed E-state index contributed by atoms with van der Waals surface area (Å²) in [6.07, 6.45) is 1.89. The highest BCUT2D eigenvalue weighted by Gasteiger charge is 2.12. The van der Waals surface area contributed by atoms with Crippen molar-refractivity contribution in [1.29, 1.82) is 0 Å². The van der Waals surface area contributed by atoms with E-state index in [4.69, 9.17) is 0 Å². The molecular weight excluding hydrogens is 366 g/mol. The van der Waals surface area contributed by atoms with Gasteiger partial charge in [0.15, 0.2) is 17.4 Å². The number of aromatic nitrogens is 3. The van der Waals surface area contributed by atoms with E-state index in [1.165, 1.54) is 0 Å². The van der Waals surface area contributed by atoms with Gasteiger partial charge in [0.25, 0.3) is 0 Å². The van der Waals surface area contributed by atoms with Crippen molar-refractivity contribution in [1.82, 2.24) is 30.0 Å². The second-order valence-corrected chi connectivity index (χ2v) is 7.38. The molecule has 0 fully saturated rings. The van der Waals surface area contributed by atoms with E-state index < -0.39 is 10.0 Å². The largest absolute Gasteiger partial charge is 0.355 e. The van der Waals surface area contributed by atoms with E-state index in [1.54, 1.807) is 37.4 Å². The number of rotatable bonds is 7. The molecule has 0 amide bonds. The zero-order valence-corrected chi connectivity index (χ0v) is 15.6. The number of hydrogen-bond acceptors (Lipinski definition) is 5. The standard InChI is InChI=1S/C17H21N7O2S/c1-18-17(20-13-16-23-22-15-9-5-6-12-24(15)16)19-10-11-21-27(25,26)14-7-3-2-4-8-14/h2-9,12,21H,10-11,13H2,1H3,(H2,18,19,20). The fraction of sp³-hybridized carbons (Fsp3) is 0.235. The van der Waals surface area contributed by atoms with E-state index in [1.807, 2.05) is 28.8 Å². The fourth-order valence-electron chi connectivity index (χ4n) is 2.44. The monoisotopic (exact) mass is 387 g/mol. The van der Waals surface area contributed by atoms with Gasteiger partial charge in [-0.25, -0.2) is 13.1 Å². The van der Waals surface area contributed by atoms with Crippen LogP contribution in [0.1, 0.15) is 5.82 Å². The minimum absolute atomic E-state index is 0.228. The topological polar surface area (TPSA) is 113 Å². The molecule has 0 saturated heterocycles. The predicted octanol–water partition coefficient (Wildman–Crippen LogP) is 0.373. The molecule has 3 rings (SSSR count). The molecule has 3 aromatic rings. The highest BCUT2D eigenvalue weighted by atomic mass is 32.2.